The third-order valence-electron chi connectivity index (χ3n) is 3.26. The summed E-state index contributed by atoms with van der Waals surface area (Å²) in [5, 5.41) is 3.59. The van der Waals surface area contributed by atoms with Crippen LogP contribution >= 0.6 is 0 Å². The van der Waals surface area contributed by atoms with Gasteiger partial charge in [-0.3, -0.25) is 0 Å². The minimum Gasteiger partial charge on any atom is -0.310 e. The molecule has 0 aliphatic carbocycles. The molecule has 0 spiro atoms. The zero-order valence-electron chi connectivity index (χ0n) is 11.1. The Morgan fingerprint density at radius 1 is 1.18 bits per heavy atom. The molecule has 17 heavy (non-hydrogen) atoms. The molecule has 1 saturated heterocycles. The number of hydrogen-bond donors (Lipinski definition) is 1. The average molecular weight is 229 g/mol. The second-order valence-electron chi connectivity index (χ2n) is 6.08. The maximum absolute atomic E-state index is 3.59. The van der Waals surface area contributed by atoms with E-state index in [0.717, 1.165) is 6.54 Å². The second kappa shape index (κ2) is 5.05. The fourth-order valence-electron chi connectivity index (χ4n) is 2.30. The monoisotopic (exact) mass is 229 g/mol. The highest BCUT2D eigenvalue weighted by molar-refractivity contribution is 5.22. The van der Waals surface area contributed by atoms with E-state index in [2.05, 4.69) is 68.6 Å². The van der Waals surface area contributed by atoms with Crippen LogP contribution in [0.3, 0.4) is 0 Å². The van der Waals surface area contributed by atoms with Gasteiger partial charge in [0.15, 0.2) is 0 Å². The second-order valence-corrected chi connectivity index (χ2v) is 6.08. The average Bonchev–Trinajstić information content (AvgIpc) is 2.75. The van der Waals surface area contributed by atoms with Crippen LogP contribution in [0.1, 0.15) is 38.7 Å². The molecule has 1 heteroatoms. The van der Waals surface area contributed by atoms with Crippen LogP contribution in [0.5, 0.6) is 0 Å². The van der Waals surface area contributed by atoms with Gasteiger partial charge in [-0.1, -0.05) is 63.3 Å². The molecule has 0 aromatic heterocycles. The van der Waals surface area contributed by atoms with Gasteiger partial charge in [-0.2, -0.15) is 0 Å². The van der Waals surface area contributed by atoms with Crippen LogP contribution in [0.4, 0.5) is 0 Å². The summed E-state index contributed by atoms with van der Waals surface area (Å²) >= 11 is 0. The van der Waals surface area contributed by atoms with E-state index >= 15 is 0 Å². The van der Waals surface area contributed by atoms with Gasteiger partial charge in [0.1, 0.15) is 0 Å². The summed E-state index contributed by atoms with van der Waals surface area (Å²) in [5.41, 5.74) is 1.75. The van der Waals surface area contributed by atoms with Crippen molar-refractivity contribution in [2.75, 3.05) is 6.54 Å². The summed E-state index contributed by atoms with van der Waals surface area (Å²) < 4.78 is 0. The molecule has 2 atom stereocenters. The van der Waals surface area contributed by atoms with Crippen molar-refractivity contribution in [2.45, 2.75) is 39.2 Å². The molecule has 0 amide bonds. The molecular formula is C16H23N. The zero-order chi connectivity index (χ0) is 12.3. The van der Waals surface area contributed by atoms with Crippen molar-refractivity contribution in [2.24, 2.45) is 5.41 Å². The van der Waals surface area contributed by atoms with Crippen molar-refractivity contribution in [3.63, 3.8) is 0 Å². The maximum atomic E-state index is 3.59. The first kappa shape index (κ1) is 12.4. The molecule has 1 aliphatic heterocycles. The summed E-state index contributed by atoms with van der Waals surface area (Å²) in [5.74, 6) is 0.672. The van der Waals surface area contributed by atoms with Crippen LogP contribution in [0, 0.1) is 5.41 Å². The molecule has 92 valence electrons. The Morgan fingerprint density at radius 3 is 2.53 bits per heavy atom. The SMILES string of the molecule is CC(C)(C)/C=C/C1CC(c2ccccc2)CN1. The van der Waals surface area contributed by atoms with Gasteiger partial charge >= 0.3 is 0 Å². The summed E-state index contributed by atoms with van der Waals surface area (Å²) in [4.78, 5) is 0. The summed E-state index contributed by atoms with van der Waals surface area (Å²) in [6.45, 7) is 7.83. The molecule has 0 radical (unpaired) electrons. The first-order chi connectivity index (χ1) is 8.04. The Balaban J connectivity index is 1.95. The number of benzene rings is 1. The van der Waals surface area contributed by atoms with E-state index in [1.54, 1.807) is 0 Å². The highest BCUT2D eigenvalue weighted by Gasteiger charge is 2.23. The molecule has 2 rings (SSSR count). The quantitative estimate of drug-likeness (QED) is 0.762. The van der Waals surface area contributed by atoms with Crippen molar-refractivity contribution in [3.05, 3.63) is 48.0 Å². The number of hydrogen-bond acceptors (Lipinski definition) is 1. The van der Waals surface area contributed by atoms with Gasteiger partial charge in [-0.15, -0.1) is 0 Å². The molecule has 0 bridgehead atoms. The van der Waals surface area contributed by atoms with Gasteiger partial charge in [-0.25, -0.2) is 0 Å². The van der Waals surface area contributed by atoms with E-state index in [4.69, 9.17) is 0 Å². The van der Waals surface area contributed by atoms with Gasteiger partial charge < -0.3 is 5.32 Å². The molecular weight excluding hydrogens is 206 g/mol. The lowest BCUT2D eigenvalue weighted by Crippen LogP contribution is -2.19. The predicted molar refractivity (Wildman–Crippen MR) is 74.2 cm³/mol. The van der Waals surface area contributed by atoms with Crippen molar-refractivity contribution >= 4 is 0 Å². The van der Waals surface area contributed by atoms with Crippen molar-refractivity contribution in [1.82, 2.24) is 5.32 Å². The smallest absolute Gasteiger partial charge is 0.0256 e. The lowest BCUT2D eigenvalue weighted by molar-refractivity contribution is 0.537. The Morgan fingerprint density at radius 2 is 1.88 bits per heavy atom. The van der Waals surface area contributed by atoms with E-state index in [9.17, 15) is 0 Å². The van der Waals surface area contributed by atoms with Crippen LogP contribution in [0.2, 0.25) is 0 Å². The van der Waals surface area contributed by atoms with Crippen LogP contribution in [0.15, 0.2) is 42.5 Å². The van der Waals surface area contributed by atoms with Crippen molar-refractivity contribution in [3.8, 4) is 0 Å². The van der Waals surface area contributed by atoms with E-state index in [1.807, 2.05) is 0 Å². The maximum Gasteiger partial charge on any atom is 0.0256 e. The summed E-state index contributed by atoms with van der Waals surface area (Å²) in [6, 6.07) is 11.4. The highest BCUT2D eigenvalue weighted by atomic mass is 14.9. The van der Waals surface area contributed by atoms with Crippen LogP contribution in [0.25, 0.3) is 0 Å². The molecule has 1 aromatic carbocycles. The first-order valence-corrected chi connectivity index (χ1v) is 6.52. The van der Waals surface area contributed by atoms with Gasteiger partial charge in [0, 0.05) is 12.6 Å². The fourth-order valence-corrected chi connectivity index (χ4v) is 2.30. The molecule has 0 saturated carbocycles. The van der Waals surface area contributed by atoms with E-state index < -0.39 is 0 Å². The normalized spacial score (nSPS) is 25.6. The molecule has 2 unspecified atom stereocenters. The molecule has 1 nitrogen and oxygen atoms in total. The molecule has 1 heterocycles. The Bertz CT molecular complexity index is 372. The molecule has 1 aliphatic rings. The van der Waals surface area contributed by atoms with Crippen LogP contribution in [-0.4, -0.2) is 12.6 Å². The zero-order valence-corrected chi connectivity index (χ0v) is 11.1. The number of nitrogens with one attached hydrogen (secondary N) is 1. The van der Waals surface area contributed by atoms with Crippen LogP contribution in [-0.2, 0) is 0 Å². The van der Waals surface area contributed by atoms with Crippen molar-refractivity contribution < 1.29 is 0 Å². The minimum absolute atomic E-state index is 0.284. The largest absolute Gasteiger partial charge is 0.310 e. The topological polar surface area (TPSA) is 12.0 Å². The Hall–Kier alpha value is -1.08. The van der Waals surface area contributed by atoms with E-state index in [0.29, 0.717) is 12.0 Å². The number of rotatable bonds is 2. The molecule has 1 N–H and O–H groups in total. The fraction of sp³-hybridized carbons (Fsp3) is 0.500. The van der Waals surface area contributed by atoms with Crippen LogP contribution < -0.4 is 5.32 Å². The van der Waals surface area contributed by atoms with Gasteiger partial charge in [-0.05, 0) is 23.3 Å². The minimum atomic E-state index is 0.284. The van der Waals surface area contributed by atoms with Crippen molar-refractivity contribution in [1.29, 1.82) is 0 Å². The Labute approximate surface area is 105 Å². The third kappa shape index (κ3) is 3.71. The highest BCUT2D eigenvalue weighted by Crippen LogP contribution is 2.26. The summed E-state index contributed by atoms with van der Waals surface area (Å²) in [7, 11) is 0. The first-order valence-electron chi connectivity index (χ1n) is 6.52. The molecule has 1 fully saturated rings. The lowest BCUT2D eigenvalue weighted by Gasteiger charge is -2.13. The standard InChI is InChI=1S/C16H23N/c1-16(2,3)10-9-15-11-14(12-17-15)13-7-5-4-6-8-13/h4-10,14-15,17H,11-12H2,1-3H3/b10-9+. The Kier molecular flexibility index (Phi) is 3.68. The van der Waals surface area contributed by atoms with Gasteiger partial charge in [0.25, 0.3) is 0 Å². The van der Waals surface area contributed by atoms with E-state index in [1.165, 1.54) is 12.0 Å². The predicted octanol–water partition coefficient (Wildman–Crippen LogP) is 3.73. The third-order valence-corrected chi connectivity index (χ3v) is 3.26. The number of allylic oxidation sites excluding steroid dienone is 1. The van der Waals surface area contributed by atoms with Gasteiger partial charge in [0.05, 0.1) is 0 Å². The summed E-state index contributed by atoms with van der Waals surface area (Å²) in [6.07, 6.45) is 5.87. The lowest BCUT2D eigenvalue weighted by atomic mass is 9.93. The van der Waals surface area contributed by atoms with Gasteiger partial charge in [0.2, 0.25) is 0 Å². The molecule has 1 aromatic rings. The van der Waals surface area contributed by atoms with E-state index in [-0.39, 0.29) is 5.41 Å².